The number of imide groups is 2. The third kappa shape index (κ3) is 5.10. The van der Waals surface area contributed by atoms with E-state index in [0.717, 1.165) is 27.2 Å². The highest BCUT2D eigenvalue weighted by atomic mass is 79.9. The van der Waals surface area contributed by atoms with Crippen LogP contribution in [0.15, 0.2) is 70.7 Å². The van der Waals surface area contributed by atoms with Gasteiger partial charge in [-0.05, 0) is 89.3 Å². The SMILES string of the molecule is Cc1cccc(COc2ccc(/C=C3\C(=O)NC(=O)N(c4cc(C)cc(C)c4)C3=O)cc2Br)c1. The molecule has 0 aromatic heterocycles. The van der Waals surface area contributed by atoms with E-state index in [1.807, 2.05) is 45.0 Å². The highest BCUT2D eigenvalue weighted by molar-refractivity contribution is 9.10. The van der Waals surface area contributed by atoms with Crippen molar-refractivity contribution in [1.29, 1.82) is 0 Å². The lowest BCUT2D eigenvalue weighted by molar-refractivity contribution is -0.122. The normalized spacial score (nSPS) is 15.0. The molecule has 1 saturated heterocycles. The lowest BCUT2D eigenvalue weighted by Crippen LogP contribution is -2.54. The number of hydrogen-bond acceptors (Lipinski definition) is 4. The highest BCUT2D eigenvalue weighted by Crippen LogP contribution is 2.29. The van der Waals surface area contributed by atoms with E-state index in [4.69, 9.17) is 4.74 Å². The molecule has 6 nitrogen and oxygen atoms in total. The molecule has 0 spiro atoms. The first-order chi connectivity index (χ1) is 16.2. The molecule has 0 radical (unpaired) electrons. The molecule has 7 heteroatoms. The summed E-state index contributed by atoms with van der Waals surface area (Å²) >= 11 is 3.50. The molecule has 1 heterocycles. The van der Waals surface area contributed by atoms with E-state index in [2.05, 4.69) is 27.3 Å². The van der Waals surface area contributed by atoms with Crippen LogP contribution in [0.4, 0.5) is 10.5 Å². The van der Waals surface area contributed by atoms with Gasteiger partial charge in [0.05, 0.1) is 10.2 Å². The van der Waals surface area contributed by atoms with Crippen molar-refractivity contribution < 1.29 is 19.1 Å². The molecule has 4 amide bonds. The van der Waals surface area contributed by atoms with Gasteiger partial charge in [-0.1, -0.05) is 42.0 Å². The number of urea groups is 1. The summed E-state index contributed by atoms with van der Waals surface area (Å²) in [5.41, 5.74) is 4.93. The van der Waals surface area contributed by atoms with E-state index in [1.165, 1.54) is 6.08 Å². The van der Waals surface area contributed by atoms with Crippen LogP contribution in [0.2, 0.25) is 0 Å². The second kappa shape index (κ2) is 9.65. The summed E-state index contributed by atoms with van der Waals surface area (Å²) in [5, 5.41) is 2.26. The quantitative estimate of drug-likeness (QED) is 0.351. The van der Waals surface area contributed by atoms with Crippen LogP contribution in [0.5, 0.6) is 5.75 Å². The third-order valence-electron chi connectivity index (χ3n) is 5.31. The lowest BCUT2D eigenvalue weighted by Gasteiger charge is -2.27. The Balaban J connectivity index is 1.58. The van der Waals surface area contributed by atoms with Gasteiger partial charge in [0.25, 0.3) is 11.8 Å². The summed E-state index contributed by atoms with van der Waals surface area (Å²) in [6.45, 7) is 6.20. The van der Waals surface area contributed by atoms with Crippen LogP contribution in [0.3, 0.4) is 0 Å². The van der Waals surface area contributed by atoms with Crippen LogP contribution >= 0.6 is 15.9 Å². The number of amides is 4. The number of benzene rings is 3. The largest absolute Gasteiger partial charge is 0.488 e. The topological polar surface area (TPSA) is 75.7 Å². The number of nitrogens with one attached hydrogen (secondary N) is 1. The van der Waals surface area contributed by atoms with E-state index < -0.39 is 17.8 Å². The van der Waals surface area contributed by atoms with Crippen LogP contribution in [0.25, 0.3) is 6.08 Å². The number of carbonyl (C=O) groups is 3. The van der Waals surface area contributed by atoms with Gasteiger partial charge in [-0.2, -0.15) is 0 Å². The molecule has 1 aliphatic heterocycles. The molecule has 1 aliphatic rings. The van der Waals surface area contributed by atoms with Gasteiger partial charge >= 0.3 is 6.03 Å². The average molecular weight is 519 g/mol. The minimum absolute atomic E-state index is 0.126. The zero-order valence-corrected chi connectivity index (χ0v) is 20.6. The van der Waals surface area contributed by atoms with Gasteiger partial charge in [-0.15, -0.1) is 0 Å². The molecule has 4 rings (SSSR count). The summed E-state index contributed by atoms with van der Waals surface area (Å²) in [5.74, 6) is -0.767. The number of hydrogen-bond donors (Lipinski definition) is 1. The Morgan fingerprint density at radius 1 is 0.912 bits per heavy atom. The van der Waals surface area contributed by atoms with Gasteiger partial charge in [0.1, 0.15) is 17.9 Å². The molecule has 1 fully saturated rings. The first kappa shape index (κ1) is 23.4. The molecule has 3 aromatic rings. The van der Waals surface area contributed by atoms with Gasteiger partial charge in [0.15, 0.2) is 0 Å². The maximum atomic E-state index is 13.2. The number of nitrogens with zero attached hydrogens (tertiary/aromatic N) is 1. The van der Waals surface area contributed by atoms with Crippen molar-refractivity contribution in [2.75, 3.05) is 4.90 Å². The highest BCUT2D eigenvalue weighted by Gasteiger charge is 2.37. The van der Waals surface area contributed by atoms with Gasteiger partial charge in [0.2, 0.25) is 0 Å². The molecular weight excluding hydrogens is 496 g/mol. The van der Waals surface area contributed by atoms with Crippen molar-refractivity contribution in [3.8, 4) is 5.75 Å². The zero-order valence-electron chi connectivity index (χ0n) is 19.0. The van der Waals surface area contributed by atoms with Crippen molar-refractivity contribution in [2.24, 2.45) is 0 Å². The number of ether oxygens (including phenoxy) is 1. The van der Waals surface area contributed by atoms with Gasteiger partial charge in [0, 0.05) is 0 Å². The summed E-state index contributed by atoms with van der Waals surface area (Å²) in [6.07, 6.45) is 1.47. The Kier molecular flexibility index (Phi) is 6.65. The summed E-state index contributed by atoms with van der Waals surface area (Å²) < 4.78 is 6.59. The van der Waals surface area contributed by atoms with Crippen LogP contribution in [0, 0.1) is 20.8 Å². The molecule has 3 aromatic carbocycles. The van der Waals surface area contributed by atoms with Gasteiger partial charge in [-0.25, -0.2) is 9.69 Å². The van der Waals surface area contributed by atoms with Crippen LogP contribution < -0.4 is 15.0 Å². The molecule has 0 unspecified atom stereocenters. The van der Waals surface area contributed by atoms with Crippen molar-refractivity contribution in [2.45, 2.75) is 27.4 Å². The molecule has 1 N–H and O–H groups in total. The van der Waals surface area contributed by atoms with E-state index >= 15 is 0 Å². The van der Waals surface area contributed by atoms with Gasteiger partial charge < -0.3 is 4.74 Å². The van der Waals surface area contributed by atoms with Crippen LogP contribution in [0.1, 0.15) is 27.8 Å². The minimum atomic E-state index is -0.766. The van der Waals surface area contributed by atoms with Crippen LogP contribution in [-0.4, -0.2) is 17.8 Å². The van der Waals surface area contributed by atoms with Crippen molar-refractivity contribution in [3.63, 3.8) is 0 Å². The fraction of sp³-hybridized carbons (Fsp3) is 0.148. The summed E-state index contributed by atoms with van der Waals surface area (Å²) in [4.78, 5) is 39.1. The second-order valence-electron chi connectivity index (χ2n) is 8.27. The number of anilines is 1. The number of rotatable bonds is 5. The first-order valence-corrected chi connectivity index (χ1v) is 11.5. The Morgan fingerprint density at radius 3 is 2.32 bits per heavy atom. The standard InChI is InChI=1S/C27H23BrN2O4/c1-16-5-4-6-20(10-16)15-34-24-8-7-19(14-23(24)28)13-22-25(31)29-27(33)30(26(22)32)21-11-17(2)9-18(3)12-21/h4-14H,15H2,1-3H3,(H,29,31,33)/b22-13+. The Morgan fingerprint density at radius 2 is 1.65 bits per heavy atom. The Bertz CT molecular complexity index is 1330. The molecule has 0 aliphatic carbocycles. The van der Waals surface area contributed by atoms with Crippen molar-refractivity contribution >= 4 is 45.5 Å². The number of aryl methyl sites for hydroxylation is 3. The summed E-state index contributed by atoms with van der Waals surface area (Å²) in [6, 6.07) is 18.0. The van der Waals surface area contributed by atoms with E-state index in [0.29, 0.717) is 28.1 Å². The zero-order chi connectivity index (χ0) is 24.4. The maximum Gasteiger partial charge on any atom is 0.335 e. The first-order valence-electron chi connectivity index (χ1n) is 10.7. The number of carbonyl (C=O) groups excluding carboxylic acids is 3. The van der Waals surface area contributed by atoms with E-state index in [-0.39, 0.29) is 5.57 Å². The number of halogens is 1. The maximum absolute atomic E-state index is 13.2. The average Bonchev–Trinajstić information content (AvgIpc) is 2.75. The Labute approximate surface area is 206 Å². The lowest BCUT2D eigenvalue weighted by atomic mass is 10.1. The smallest absolute Gasteiger partial charge is 0.335 e. The number of barbiturate groups is 1. The predicted octanol–water partition coefficient (Wildman–Crippen LogP) is 5.62. The summed E-state index contributed by atoms with van der Waals surface area (Å²) in [7, 11) is 0. The van der Waals surface area contributed by atoms with Crippen molar-refractivity contribution in [1.82, 2.24) is 5.32 Å². The monoisotopic (exact) mass is 518 g/mol. The fourth-order valence-electron chi connectivity index (χ4n) is 3.83. The van der Waals surface area contributed by atoms with E-state index in [1.54, 1.807) is 30.3 Å². The van der Waals surface area contributed by atoms with Gasteiger partial charge in [-0.3, -0.25) is 14.9 Å². The molecule has 0 bridgehead atoms. The molecular formula is C27H23BrN2O4. The van der Waals surface area contributed by atoms with Crippen molar-refractivity contribution in [3.05, 3.63) is 98.5 Å². The third-order valence-corrected chi connectivity index (χ3v) is 5.93. The fourth-order valence-corrected chi connectivity index (χ4v) is 4.34. The molecule has 172 valence electrons. The second-order valence-corrected chi connectivity index (χ2v) is 9.13. The van der Waals surface area contributed by atoms with E-state index in [9.17, 15) is 14.4 Å². The van der Waals surface area contributed by atoms with Crippen LogP contribution in [-0.2, 0) is 16.2 Å². The predicted molar refractivity (Wildman–Crippen MR) is 135 cm³/mol. The Hall–Kier alpha value is -3.71. The molecule has 0 atom stereocenters. The molecule has 0 saturated carbocycles. The minimum Gasteiger partial charge on any atom is -0.488 e. The molecule has 34 heavy (non-hydrogen) atoms.